The first-order valence-electron chi connectivity index (χ1n) is 16.5. The van der Waals surface area contributed by atoms with Crippen molar-refractivity contribution >= 4 is 17.7 Å². The summed E-state index contributed by atoms with van der Waals surface area (Å²) in [5, 5.41) is 16.8. The van der Waals surface area contributed by atoms with Crippen molar-refractivity contribution in [2.24, 2.45) is 5.41 Å². The van der Waals surface area contributed by atoms with Crippen LogP contribution in [0.2, 0.25) is 0 Å². The first-order chi connectivity index (χ1) is 22.8. The van der Waals surface area contributed by atoms with Crippen LogP contribution in [-0.4, -0.2) is 64.4 Å². The minimum absolute atomic E-state index is 0.0632. The molecule has 5 rings (SSSR count). The van der Waals surface area contributed by atoms with Gasteiger partial charge in [-0.2, -0.15) is 0 Å². The number of aliphatic hydroxyl groups excluding tert-OH is 1. The number of ether oxygens (including phenoxy) is 1. The quantitative estimate of drug-likeness (QED) is 0.226. The Hall–Kier alpha value is -4.44. The van der Waals surface area contributed by atoms with Crippen LogP contribution in [0.15, 0.2) is 79.0 Å². The van der Waals surface area contributed by atoms with Gasteiger partial charge in [0.15, 0.2) is 0 Å². The van der Waals surface area contributed by atoms with E-state index in [1.807, 2.05) is 88.0 Å². The predicted molar refractivity (Wildman–Crippen MR) is 182 cm³/mol. The van der Waals surface area contributed by atoms with Crippen LogP contribution < -0.4 is 10.6 Å². The Morgan fingerprint density at radius 3 is 2.44 bits per heavy atom. The summed E-state index contributed by atoms with van der Waals surface area (Å²) in [7, 11) is 0. The number of rotatable bonds is 10. The standard InChI is InChI=1S/C38H46F2N4O4/c1-37(2,3)48-36(47)43-19-17-26(23-43)28-13-9-10-14-29(28)35(46)42-33(38(4,5)18-20-45)34-41-32(30-21-27(39)15-16-31(30)40)24-44(34)22-25-11-7-6-8-12-25/h6-16,21,24,26,33-34,41,45H,17-20,22-23H2,1-5H3,(H,42,46). The minimum Gasteiger partial charge on any atom is -0.444 e. The minimum atomic E-state index is -0.642. The average Bonchev–Trinajstić information content (AvgIpc) is 3.69. The molecule has 48 heavy (non-hydrogen) atoms. The molecule has 3 aromatic rings. The number of amides is 2. The highest BCUT2D eigenvalue weighted by Gasteiger charge is 2.43. The fraction of sp³-hybridized carbons (Fsp3) is 0.421. The lowest BCUT2D eigenvalue weighted by Gasteiger charge is -2.42. The van der Waals surface area contributed by atoms with Crippen molar-refractivity contribution in [3.63, 3.8) is 0 Å². The molecule has 3 N–H and O–H groups in total. The van der Waals surface area contributed by atoms with Crippen LogP contribution in [0.4, 0.5) is 13.6 Å². The first kappa shape index (κ1) is 34.9. The molecule has 0 spiro atoms. The Kier molecular flexibility index (Phi) is 10.4. The summed E-state index contributed by atoms with van der Waals surface area (Å²) in [5.74, 6) is -1.50. The van der Waals surface area contributed by atoms with E-state index in [2.05, 4.69) is 10.6 Å². The second-order valence-electron chi connectivity index (χ2n) is 14.3. The third kappa shape index (κ3) is 8.16. The normalized spacial score (nSPS) is 18.7. The lowest BCUT2D eigenvalue weighted by Crippen LogP contribution is -2.60. The number of benzene rings is 3. The van der Waals surface area contributed by atoms with Gasteiger partial charge in [0.25, 0.3) is 5.91 Å². The molecule has 8 nitrogen and oxygen atoms in total. The van der Waals surface area contributed by atoms with Crippen molar-refractivity contribution in [1.29, 1.82) is 0 Å². The van der Waals surface area contributed by atoms with Crippen LogP contribution in [0.3, 0.4) is 0 Å². The molecule has 0 aliphatic carbocycles. The second-order valence-corrected chi connectivity index (χ2v) is 14.3. The maximum atomic E-state index is 15.0. The molecule has 256 valence electrons. The smallest absolute Gasteiger partial charge is 0.410 e. The number of likely N-dealkylation sites (tertiary alicyclic amines) is 1. The van der Waals surface area contributed by atoms with E-state index in [-0.39, 0.29) is 30.1 Å². The van der Waals surface area contributed by atoms with Gasteiger partial charge in [0.2, 0.25) is 0 Å². The predicted octanol–water partition coefficient (Wildman–Crippen LogP) is 6.63. The summed E-state index contributed by atoms with van der Waals surface area (Å²) >= 11 is 0. The lowest BCUT2D eigenvalue weighted by atomic mass is 9.79. The van der Waals surface area contributed by atoms with Crippen LogP contribution in [0.25, 0.3) is 5.70 Å². The molecule has 3 atom stereocenters. The molecule has 0 saturated carbocycles. The summed E-state index contributed by atoms with van der Waals surface area (Å²) in [6.07, 6.45) is 1.87. The van der Waals surface area contributed by atoms with Gasteiger partial charge in [-0.05, 0) is 74.4 Å². The first-order valence-corrected chi connectivity index (χ1v) is 16.5. The van der Waals surface area contributed by atoms with Crippen molar-refractivity contribution in [3.8, 4) is 0 Å². The second kappa shape index (κ2) is 14.4. The van der Waals surface area contributed by atoms with Crippen molar-refractivity contribution < 1.29 is 28.2 Å². The number of hydrogen-bond acceptors (Lipinski definition) is 6. The SMILES string of the molecule is CC(C)(C)OC(=O)N1CCC(c2ccccc2C(=O)NC(C2NC(c3cc(F)ccc3F)=CN2Cc2ccccc2)C(C)(C)CCO)C1. The van der Waals surface area contributed by atoms with E-state index in [0.29, 0.717) is 43.7 Å². The highest BCUT2D eigenvalue weighted by atomic mass is 19.1. The molecule has 3 aromatic carbocycles. The van der Waals surface area contributed by atoms with Gasteiger partial charge in [0.1, 0.15) is 23.4 Å². The molecule has 1 fully saturated rings. The summed E-state index contributed by atoms with van der Waals surface area (Å²) in [5.41, 5.74) is 1.55. The zero-order valence-electron chi connectivity index (χ0n) is 28.3. The molecule has 1 saturated heterocycles. The van der Waals surface area contributed by atoms with E-state index >= 15 is 4.39 Å². The third-order valence-corrected chi connectivity index (χ3v) is 9.07. The summed E-state index contributed by atoms with van der Waals surface area (Å²) in [6, 6.07) is 19.9. The van der Waals surface area contributed by atoms with Crippen molar-refractivity contribution in [2.45, 2.75) is 77.7 Å². The van der Waals surface area contributed by atoms with E-state index in [1.165, 1.54) is 0 Å². The van der Waals surface area contributed by atoms with E-state index in [1.54, 1.807) is 17.2 Å². The molecule has 0 bridgehead atoms. The van der Waals surface area contributed by atoms with Gasteiger partial charge in [0, 0.05) is 49.5 Å². The molecule has 0 radical (unpaired) electrons. The molecular formula is C38H46F2N4O4. The van der Waals surface area contributed by atoms with Gasteiger partial charge in [-0.3, -0.25) is 4.79 Å². The van der Waals surface area contributed by atoms with E-state index in [0.717, 1.165) is 29.3 Å². The molecular weight excluding hydrogens is 614 g/mol. The maximum Gasteiger partial charge on any atom is 0.410 e. The lowest BCUT2D eigenvalue weighted by molar-refractivity contribution is 0.0292. The number of nitrogens with one attached hydrogen (secondary N) is 2. The van der Waals surface area contributed by atoms with Gasteiger partial charge >= 0.3 is 6.09 Å². The van der Waals surface area contributed by atoms with Gasteiger partial charge in [-0.25, -0.2) is 13.6 Å². The van der Waals surface area contributed by atoms with Crippen LogP contribution in [-0.2, 0) is 11.3 Å². The number of carbonyl (C=O) groups is 2. The van der Waals surface area contributed by atoms with E-state index < -0.39 is 34.9 Å². The zero-order chi connectivity index (χ0) is 34.6. The fourth-order valence-electron chi connectivity index (χ4n) is 6.52. The number of aliphatic hydroxyl groups is 1. The number of carbonyl (C=O) groups excluding carboxylic acids is 2. The zero-order valence-corrected chi connectivity index (χ0v) is 28.3. The highest BCUT2D eigenvalue weighted by molar-refractivity contribution is 5.96. The van der Waals surface area contributed by atoms with E-state index in [9.17, 15) is 19.1 Å². The average molecular weight is 661 g/mol. The molecule has 2 heterocycles. The van der Waals surface area contributed by atoms with Crippen LogP contribution >= 0.6 is 0 Å². The Morgan fingerprint density at radius 1 is 1.02 bits per heavy atom. The Bertz CT molecular complexity index is 1640. The van der Waals surface area contributed by atoms with Crippen molar-refractivity contribution in [2.75, 3.05) is 19.7 Å². The molecule has 2 aliphatic heterocycles. The molecule has 2 aliphatic rings. The van der Waals surface area contributed by atoms with Crippen LogP contribution in [0.5, 0.6) is 0 Å². The maximum absolute atomic E-state index is 15.0. The Balaban J connectivity index is 1.45. The summed E-state index contributed by atoms with van der Waals surface area (Å²) < 4.78 is 34.9. The number of nitrogens with zero attached hydrogens (tertiary/aromatic N) is 2. The van der Waals surface area contributed by atoms with Gasteiger partial charge in [-0.15, -0.1) is 0 Å². The van der Waals surface area contributed by atoms with Gasteiger partial charge in [0.05, 0.1) is 11.7 Å². The van der Waals surface area contributed by atoms with E-state index in [4.69, 9.17) is 4.74 Å². The van der Waals surface area contributed by atoms with Crippen molar-refractivity contribution in [3.05, 3.63) is 113 Å². The van der Waals surface area contributed by atoms with Gasteiger partial charge in [-0.1, -0.05) is 62.4 Å². The number of halogens is 2. The topological polar surface area (TPSA) is 94.1 Å². The Morgan fingerprint density at radius 2 is 1.73 bits per heavy atom. The number of hydrogen-bond donors (Lipinski definition) is 3. The summed E-state index contributed by atoms with van der Waals surface area (Å²) in [6.45, 7) is 10.7. The third-order valence-electron chi connectivity index (χ3n) is 9.07. The monoisotopic (exact) mass is 660 g/mol. The highest BCUT2D eigenvalue weighted by Crippen LogP contribution is 2.35. The fourth-order valence-corrected chi connectivity index (χ4v) is 6.52. The molecule has 10 heteroatoms. The van der Waals surface area contributed by atoms with Gasteiger partial charge < -0.3 is 30.3 Å². The molecule has 2 amide bonds. The Labute approximate surface area is 281 Å². The molecule has 3 unspecified atom stereocenters. The largest absolute Gasteiger partial charge is 0.444 e. The van der Waals surface area contributed by atoms with Crippen molar-refractivity contribution in [1.82, 2.24) is 20.4 Å². The summed E-state index contributed by atoms with van der Waals surface area (Å²) in [4.78, 5) is 30.8. The van der Waals surface area contributed by atoms with Crippen LogP contribution in [0.1, 0.15) is 80.4 Å². The molecule has 0 aromatic heterocycles. The van der Waals surface area contributed by atoms with Crippen LogP contribution in [0, 0.1) is 17.0 Å².